The largest absolute Gasteiger partial charge is 0.472 e. The maximum atomic E-state index is 13.4. The quantitative estimate of drug-likeness (QED) is 0.0206. The summed E-state index contributed by atoms with van der Waals surface area (Å²) in [5.41, 5.74) is 0. The number of allylic oxidation sites excluding steroid dienone is 9. The molecule has 0 aromatic rings. The second kappa shape index (κ2) is 45.5. The molecule has 2 N–H and O–H groups in total. The fraction of sp³-hybridized carbons (Fsp3) is 0.782. The van der Waals surface area contributed by atoms with Crippen LogP contribution in [0.15, 0.2) is 60.8 Å². The van der Waals surface area contributed by atoms with Crippen molar-refractivity contribution in [2.75, 3.05) is 40.9 Å². The van der Waals surface area contributed by atoms with Crippen molar-refractivity contribution in [1.82, 2.24) is 5.32 Å². The number of quaternary nitrogens is 1. The first-order valence-electron chi connectivity index (χ1n) is 26.6. The molecule has 3 unspecified atom stereocenters. The number of likely N-dealkylation sites (N-methyl/N-ethyl adjacent to an activating group) is 1. The van der Waals surface area contributed by atoms with E-state index in [2.05, 4.69) is 74.7 Å². The van der Waals surface area contributed by atoms with Crippen LogP contribution < -0.4 is 5.32 Å². The second-order valence-corrected chi connectivity index (χ2v) is 20.4. The molecule has 0 aliphatic heterocycles. The molecule has 0 aromatic carbocycles. The Morgan fingerprint density at radius 3 is 1.46 bits per heavy atom. The maximum Gasteiger partial charge on any atom is 0.472 e. The Hall–Kier alpha value is -2.29. The van der Waals surface area contributed by atoms with Gasteiger partial charge in [-0.05, 0) is 83.1 Å². The minimum atomic E-state index is -4.44. The molecule has 0 heterocycles. The molecule has 10 heteroatoms. The van der Waals surface area contributed by atoms with Crippen molar-refractivity contribution in [3.63, 3.8) is 0 Å². The van der Waals surface area contributed by atoms with Gasteiger partial charge >= 0.3 is 13.8 Å². The number of nitrogens with zero attached hydrogens (tertiary/aromatic N) is 1. The fourth-order valence-electron chi connectivity index (χ4n) is 7.37. The lowest BCUT2D eigenvalue weighted by Crippen LogP contribution is -2.47. The molecular weight excluding hydrogens is 832 g/mol. The Morgan fingerprint density at radius 2 is 0.985 bits per heavy atom. The molecule has 0 rings (SSSR count). The van der Waals surface area contributed by atoms with Crippen molar-refractivity contribution in [3.05, 3.63) is 60.8 Å². The number of phosphoric ester groups is 1. The number of esters is 1. The molecule has 0 saturated carbocycles. The van der Waals surface area contributed by atoms with Crippen molar-refractivity contribution < 1.29 is 37.3 Å². The van der Waals surface area contributed by atoms with E-state index >= 15 is 0 Å². The van der Waals surface area contributed by atoms with Crippen molar-refractivity contribution in [1.29, 1.82) is 0 Å². The van der Waals surface area contributed by atoms with E-state index in [1.54, 1.807) is 0 Å². The monoisotopic (exact) mass is 934 g/mol. The lowest BCUT2D eigenvalue weighted by atomic mass is 10.1. The van der Waals surface area contributed by atoms with E-state index in [1.807, 2.05) is 33.3 Å². The van der Waals surface area contributed by atoms with E-state index in [9.17, 15) is 19.0 Å². The minimum Gasteiger partial charge on any atom is -0.456 e. The highest BCUT2D eigenvalue weighted by atomic mass is 31.2. The number of ether oxygens (including phenoxy) is 1. The van der Waals surface area contributed by atoms with Gasteiger partial charge in [-0.2, -0.15) is 0 Å². The summed E-state index contributed by atoms with van der Waals surface area (Å²) in [6.45, 7) is 6.77. The smallest absolute Gasteiger partial charge is 0.456 e. The van der Waals surface area contributed by atoms with Gasteiger partial charge in [0.1, 0.15) is 19.3 Å². The number of carbonyl (C=O) groups is 2. The van der Waals surface area contributed by atoms with Gasteiger partial charge in [-0.25, -0.2) is 4.57 Å². The molecule has 3 atom stereocenters. The molecule has 0 aliphatic carbocycles. The third-order valence-electron chi connectivity index (χ3n) is 11.5. The van der Waals surface area contributed by atoms with Crippen LogP contribution in [0.2, 0.25) is 0 Å². The number of amides is 1. The van der Waals surface area contributed by atoms with Crippen LogP contribution in [-0.2, 0) is 27.9 Å². The molecule has 9 nitrogen and oxygen atoms in total. The third kappa shape index (κ3) is 46.6. The van der Waals surface area contributed by atoms with Crippen LogP contribution in [0.3, 0.4) is 0 Å². The molecule has 0 saturated heterocycles. The normalized spacial score (nSPS) is 14.4. The predicted octanol–water partition coefficient (Wildman–Crippen LogP) is 15.5. The first kappa shape index (κ1) is 62.7. The average Bonchev–Trinajstić information content (AvgIpc) is 3.26. The number of rotatable bonds is 47. The van der Waals surface area contributed by atoms with Gasteiger partial charge in [0.25, 0.3) is 0 Å². The Kier molecular flexibility index (Phi) is 43.9. The van der Waals surface area contributed by atoms with Gasteiger partial charge in [0.2, 0.25) is 5.91 Å². The lowest BCUT2D eigenvalue weighted by Gasteiger charge is -2.27. The summed E-state index contributed by atoms with van der Waals surface area (Å²) >= 11 is 0. The van der Waals surface area contributed by atoms with Crippen molar-refractivity contribution in [3.8, 4) is 0 Å². The molecule has 0 aliphatic rings. The van der Waals surface area contributed by atoms with Gasteiger partial charge in [0, 0.05) is 12.8 Å². The summed E-state index contributed by atoms with van der Waals surface area (Å²) < 4.78 is 30.5. The lowest BCUT2D eigenvalue weighted by molar-refractivity contribution is -0.870. The number of hydrogen-bond donors (Lipinski definition) is 2. The van der Waals surface area contributed by atoms with E-state index in [1.165, 1.54) is 83.5 Å². The van der Waals surface area contributed by atoms with Crippen LogP contribution in [0.4, 0.5) is 0 Å². The summed E-state index contributed by atoms with van der Waals surface area (Å²) in [5.74, 6) is -0.527. The highest BCUT2D eigenvalue weighted by Gasteiger charge is 2.30. The van der Waals surface area contributed by atoms with Crippen molar-refractivity contribution in [2.24, 2.45) is 0 Å². The Morgan fingerprint density at radius 1 is 0.554 bits per heavy atom. The van der Waals surface area contributed by atoms with E-state index in [4.69, 9.17) is 13.8 Å². The molecule has 0 fully saturated rings. The number of phosphoric acid groups is 1. The highest BCUT2D eigenvalue weighted by molar-refractivity contribution is 7.47. The topological polar surface area (TPSA) is 111 Å². The first-order valence-corrected chi connectivity index (χ1v) is 28.1. The van der Waals surface area contributed by atoms with E-state index < -0.39 is 20.0 Å². The van der Waals surface area contributed by atoms with Crippen LogP contribution in [0, 0.1) is 0 Å². The zero-order valence-electron chi connectivity index (χ0n) is 43.0. The number of nitrogens with one attached hydrogen (secondary N) is 1. The molecule has 378 valence electrons. The molecule has 0 aromatic heterocycles. The molecule has 0 radical (unpaired) electrons. The summed E-state index contributed by atoms with van der Waals surface area (Å²) in [4.78, 5) is 37.4. The summed E-state index contributed by atoms with van der Waals surface area (Å²) in [6, 6.07) is -0.854. The standard InChI is InChI=1S/C55H101N2O7P/c1-7-10-13-16-19-22-25-27-29-32-35-38-41-44-47-54(58)56-52(51-63-65(60,61)62-50-49-57(4,5)6)53(46-43-40-37-34-31-24-21-18-15-12-9-3)64-55(59)48-45-42-39-36-33-30-28-26-23-20-17-14-11-8-2/h10-11,13-14,19-20,22-23,43,46,52-53H,7-9,12,15-18,21,24-42,44-45,47-51H2,1-6H3,(H-,56,58,60,61)/p+1/b13-10+,14-11+,22-19+,23-20+,46-43+. The third-order valence-corrected chi connectivity index (χ3v) is 12.4. The zero-order valence-corrected chi connectivity index (χ0v) is 43.9. The molecule has 0 spiro atoms. The molecular formula is C55H102N2O7P+. The van der Waals surface area contributed by atoms with E-state index in [0.717, 1.165) is 109 Å². The SMILES string of the molecule is CC/C=C/C/C=C/CCCCCCCCCC(=O)NC(COP(=O)(O)OCC[N+](C)(C)C)C(/C=C/CCCCCCCCCCC)OC(=O)CCCCCCCCC/C=C/C/C=C/CC. The number of carbonyl (C=O) groups excluding carboxylic acids is 2. The van der Waals surface area contributed by atoms with E-state index in [0.29, 0.717) is 17.4 Å². The van der Waals surface area contributed by atoms with Crippen LogP contribution in [0.25, 0.3) is 0 Å². The predicted molar refractivity (Wildman–Crippen MR) is 277 cm³/mol. The molecule has 0 bridgehead atoms. The van der Waals surface area contributed by atoms with Gasteiger partial charge in [-0.15, -0.1) is 0 Å². The van der Waals surface area contributed by atoms with Gasteiger partial charge in [-0.3, -0.25) is 18.6 Å². The fourth-order valence-corrected chi connectivity index (χ4v) is 8.10. The van der Waals surface area contributed by atoms with Gasteiger partial charge in [0.05, 0.1) is 33.8 Å². The van der Waals surface area contributed by atoms with Crippen molar-refractivity contribution in [2.45, 2.75) is 238 Å². The summed E-state index contributed by atoms with van der Waals surface area (Å²) in [7, 11) is 1.48. The molecule has 1 amide bonds. The minimum absolute atomic E-state index is 0.0356. The van der Waals surface area contributed by atoms with Gasteiger partial charge < -0.3 is 19.4 Å². The highest BCUT2D eigenvalue weighted by Crippen LogP contribution is 2.43. The molecule has 65 heavy (non-hydrogen) atoms. The Labute approximate surface area is 401 Å². The first-order chi connectivity index (χ1) is 31.4. The zero-order chi connectivity index (χ0) is 48.0. The summed E-state index contributed by atoms with van der Waals surface area (Å²) in [5, 5.41) is 3.03. The number of hydrogen-bond acceptors (Lipinski definition) is 6. The van der Waals surface area contributed by atoms with Gasteiger partial charge in [0.15, 0.2) is 0 Å². The van der Waals surface area contributed by atoms with Crippen LogP contribution >= 0.6 is 7.82 Å². The maximum absolute atomic E-state index is 13.4. The van der Waals surface area contributed by atoms with Gasteiger partial charge in [-0.1, -0.05) is 191 Å². The Bertz CT molecular complexity index is 1300. The summed E-state index contributed by atoms with van der Waals surface area (Å²) in [6.07, 6.45) is 55.0. The van der Waals surface area contributed by atoms with Crippen molar-refractivity contribution >= 4 is 19.7 Å². The van der Waals surface area contributed by atoms with E-state index in [-0.39, 0.29) is 31.5 Å². The second-order valence-electron chi connectivity index (χ2n) is 19.0. The Balaban J connectivity index is 5.41. The number of unbranched alkanes of at least 4 members (excludes halogenated alkanes) is 23. The van der Waals surface area contributed by atoms with Crippen LogP contribution in [0.5, 0.6) is 0 Å². The average molecular weight is 934 g/mol. The van der Waals surface area contributed by atoms with Crippen LogP contribution in [-0.4, -0.2) is 74.3 Å². The van der Waals surface area contributed by atoms with Crippen LogP contribution in [0.1, 0.15) is 226 Å².